The minimum Gasteiger partial charge on any atom is -0.378 e. The Hall–Kier alpha value is -0.610. The van der Waals surface area contributed by atoms with Crippen LogP contribution in [0.2, 0.25) is 0 Å². The number of hydrogen-bond acceptors (Lipinski definition) is 3. The summed E-state index contributed by atoms with van der Waals surface area (Å²) in [7, 11) is 0. The first-order chi connectivity index (χ1) is 8.76. The Bertz CT molecular complexity index is 234. The summed E-state index contributed by atoms with van der Waals surface area (Å²) < 4.78 is 5.92. The van der Waals surface area contributed by atoms with Gasteiger partial charge in [0.25, 0.3) is 0 Å². The van der Waals surface area contributed by atoms with Gasteiger partial charge in [-0.15, -0.1) is 0 Å². The van der Waals surface area contributed by atoms with E-state index in [0.29, 0.717) is 12.5 Å². The summed E-state index contributed by atoms with van der Waals surface area (Å²) in [6, 6.07) is 0. The fourth-order valence-electron chi connectivity index (χ4n) is 2.65. The van der Waals surface area contributed by atoms with Crippen molar-refractivity contribution in [3.05, 3.63) is 0 Å². The van der Waals surface area contributed by atoms with Gasteiger partial charge in [0, 0.05) is 13.0 Å². The Morgan fingerprint density at radius 3 is 2.89 bits per heavy atom. The predicted octanol–water partition coefficient (Wildman–Crippen LogP) is 2.52. The van der Waals surface area contributed by atoms with Crippen LogP contribution in [0.5, 0.6) is 0 Å². The fourth-order valence-corrected chi connectivity index (χ4v) is 2.65. The van der Waals surface area contributed by atoms with Crippen LogP contribution in [0.4, 0.5) is 0 Å². The number of nitrogens with two attached hydrogens (primary N) is 1. The summed E-state index contributed by atoms with van der Waals surface area (Å²) in [5.74, 6) is 5.81. The normalized spacial score (nSPS) is 23.9. The quantitative estimate of drug-likeness (QED) is 0.303. The number of carbonyl (C=O) groups excluding carboxylic acids is 1. The lowest BCUT2D eigenvalue weighted by Crippen LogP contribution is -2.29. The molecule has 106 valence electrons. The molecule has 4 nitrogen and oxygen atoms in total. The van der Waals surface area contributed by atoms with Gasteiger partial charge in [-0.1, -0.05) is 32.6 Å². The molecule has 0 spiro atoms. The van der Waals surface area contributed by atoms with Gasteiger partial charge in [-0.05, 0) is 31.6 Å². The number of rotatable bonds is 8. The minimum absolute atomic E-state index is 0.0750. The molecule has 0 aromatic carbocycles. The molecule has 1 saturated carbocycles. The van der Waals surface area contributed by atoms with Gasteiger partial charge in [0.2, 0.25) is 5.91 Å². The van der Waals surface area contributed by atoms with E-state index in [2.05, 4.69) is 12.3 Å². The Balaban J connectivity index is 1.95. The highest BCUT2D eigenvalue weighted by Gasteiger charge is 2.20. The summed E-state index contributed by atoms with van der Waals surface area (Å²) in [4.78, 5) is 10.9. The van der Waals surface area contributed by atoms with Crippen molar-refractivity contribution in [1.82, 2.24) is 5.43 Å². The van der Waals surface area contributed by atoms with Crippen molar-refractivity contribution in [2.45, 2.75) is 70.8 Å². The Morgan fingerprint density at radius 2 is 2.17 bits per heavy atom. The third-order valence-corrected chi connectivity index (χ3v) is 3.87. The molecule has 1 rings (SSSR count). The van der Waals surface area contributed by atoms with Crippen LogP contribution in [0.3, 0.4) is 0 Å². The molecule has 0 saturated heterocycles. The first-order valence-corrected chi connectivity index (χ1v) is 7.37. The SMILES string of the molecule is CCC1CCCC(OCCCCCC(=O)NN)C1. The zero-order chi connectivity index (χ0) is 13.2. The van der Waals surface area contributed by atoms with Crippen LogP contribution in [0.15, 0.2) is 0 Å². The van der Waals surface area contributed by atoms with Crippen molar-refractivity contribution in [3.63, 3.8) is 0 Å². The van der Waals surface area contributed by atoms with Crippen molar-refractivity contribution in [3.8, 4) is 0 Å². The Labute approximate surface area is 111 Å². The first kappa shape index (κ1) is 15.4. The summed E-state index contributed by atoms with van der Waals surface area (Å²) in [6.07, 6.45) is 10.4. The maximum absolute atomic E-state index is 10.9. The number of ether oxygens (including phenoxy) is 1. The van der Waals surface area contributed by atoms with Crippen LogP contribution < -0.4 is 11.3 Å². The predicted molar refractivity (Wildman–Crippen MR) is 72.8 cm³/mol. The smallest absolute Gasteiger partial charge is 0.233 e. The van der Waals surface area contributed by atoms with E-state index >= 15 is 0 Å². The molecule has 0 aromatic heterocycles. The van der Waals surface area contributed by atoms with Gasteiger partial charge in [0.1, 0.15) is 0 Å². The van der Waals surface area contributed by atoms with Gasteiger partial charge in [-0.3, -0.25) is 10.2 Å². The number of nitrogens with one attached hydrogen (secondary N) is 1. The number of unbranched alkanes of at least 4 members (excludes halogenated alkanes) is 2. The molecule has 2 atom stereocenters. The van der Waals surface area contributed by atoms with Crippen LogP contribution in [-0.4, -0.2) is 18.6 Å². The molecule has 1 aliphatic carbocycles. The van der Waals surface area contributed by atoms with E-state index in [0.717, 1.165) is 31.8 Å². The standard InChI is InChI=1S/C14H28N2O2/c1-2-12-7-6-8-13(11-12)18-10-5-3-4-9-14(17)16-15/h12-13H,2-11,15H2,1H3,(H,16,17). The molecular weight excluding hydrogens is 228 g/mol. The van der Waals surface area contributed by atoms with Crippen molar-refractivity contribution in [2.24, 2.45) is 11.8 Å². The molecule has 0 radical (unpaired) electrons. The lowest BCUT2D eigenvalue weighted by molar-refractivity contribution is -0.121. The molecule has 0 aromatic rings. The van der Waals surface area contributed by atoms with Gasteiger partial charge in [0.05, 0.1) is 6.10 Å². The van der Waals surface area contributed by atoms with Crippen LogP contribution in [0.1, 0.15) is 64.7 Å². The van der Waals surface area contributed by atoms with E-state index in [-0.39, 0.29) is 5.91 Å². The molecule has 0 heterocycles. The van der Waals surface area contributed by atoms with Crippen LogP contribution in [0, 0.1) is 5.92 Å². The lowest BCUT2D eigenvalue weighted by atomic mass is 9.85. The van der Waals surface area contributed by atoms with Crippen molar-refractivity contribution >= 4 is 5.91 Å². The highest BCUT2D eigenvalue weighted by molar-refractivity contribution is 5.74. The molecule has 1 amide bonds. The fraction of sp³-hybridized carbons (Fsp3) is 0.929. The van der Waals surface area contributed by atoms with Gasteiger partial charge >= 0.3 is 0 Å². The zero-order valence-corrected chi connectivity index (χ0v) is 11.6. The van der Waals surface area contributed by atoms with E-state index in [1.54, 1.807) is 0 Å². The summed E-state index contributed by atoms with van der Waals surface area (Å²) >= 11 is 0. The number of carbonyl (C=O) groups is 1. The van der Waals surface area contributed by atoms with Gasteiger partial charge in [-0.2, -0.15) is 0 Å². The van der Waals surface area contributed by atoms with E-state index in [1.807, 2.05) is 0 Å². The molecule has 0 aliphatic heterocycles. The molecule has 3 N–H and O–H groups in total. The molecule has 18 heavy (non-hydrogen) atoms. The summed E-state index contributed by atoms with van der Waals surface area (Å²) in [5, 5.41) is 0. The van der Waals surface area contributed by atoms with Crippen LogP contribution >= 0.6 is 0 Å². The topological polar surface area (TPSA) is 64.3 Å². The third kappa shape index (κ3) is 6.36. The third-order valence-electron chi connectivity index (χ3n) is 3.87. The monoisotopic (exact) mass is 256 g/mol. The largest absolute Gasteiger partial charge is 0.378 e. The average molecular weight is 256 g/mol. The van der Waals surface area contributed by atoms with E-state index < -0.39 is 0 Å². The maximum atomic E-state index is 10.9. The molecule has 4 heteroatoms. The van der Waals surface area contributed by atoms with Crippen molar-refractivity contribution < 1.29 is 9.53 Å². The second kappa shape index (κ2) is 9.34. The molecule has 1 aliphatic rings. The second-order valence-electron chi connectivity index (χ2n) is 5.31. The number of hydrogen-bond donors (Lipinski definition) is 2. The molecular formula is C14H28N2O2. The van der Waals surface area contributed by atoms with E-state index in [1.165, 1.54) is 32.1 Å². The van der Waals surface area contributed by atoms with E-state index in [4.69, 9.17) is 10.6 Å². The minimum atomic E-state index is -0.0750. The summed E-state index contributed by atoms with van der Waals surface area (Å²) in [5.41, 5.74) is 2.15. The van der Waals surface area contributed by atoms with Crippen molar-refractivity contribution in [1.29, 1.82) is 0 Å². The average Bonchev–Trinajstić information content (AvgIpc) is 2.42. The summed E-state index contributed by atoms with van der Waals surface area (Å²) in [6.45, 7) is 3.11. The van der Waals surface area contributed by atoms with Crippen molar-refractivity contribution in [2.75, 3.05) is 6.61 Å². The lowest BCUT2D eigenvalue weighted by Gasteiger charge is -2.28. The van der Waals surface area contributed by atoms with Gasteiger partial charge < -0.3 is 4.74 Å². The van der Waals surface area contributed by atoms with Gasteiger partial charge in [0.15, 0.2) is 0 Å². The molecule has 2 unspecified atom stereocenters. The van der Waals surface area contributed by atoms with E-state index in [9.17, 15) is 4.79 Å². The number of hydrazine groups is 1. The van der Waals surface area contributed by atoms with Gasteiger partial charge in [-0.25, -0.2) is 5.84 Å². The highest BCUT2D eigenvalue weighted by atomic mass is 16.5. The van der Waals surface area contributed by atoms with Crippen LogP contribution in [0.25, 0.3) is 0 Å². The van der Waals surface area contributed by atoms with Crippen LogP contribution in [-0.2, 0) is 9.53 Å². The first-order valence-electron chi connectivity index (χ1n) is 7.37. The Morgan fingerprint density at radius 1 is 1.33 bits per heavy atom. The molecule has 0 bridgehead atoms. The zero-order valence-electron chi connectivity index (χ0n) is 11.6. The number of amides is 1. The molecule has 1 fully saturated rings. The highest BCUT2D eigenvalue weighted by Crippen LogP contribution is 2.28. The second-order valence-corrected chi connectivity index (χ2v) is 5.31. The maximum Gasteiger partial charge on any atom is 0.233 e. The Kier molecular flexibility index (Phi) is 8.01.